The second-order valence-electron chi connectivity index (χ2n) is 4.68. The van der Waals surface area contributed by atoms with Gasteiger partial charge in [-0.15, -0.1) is 11.3 Å². The molecule has 0 aromatic carbocycles. The lowest BCUT2D eigenvalue weighted by Gasteiger charge is -2.31. The average molecular weight is 307 g/mol. The third-order valence-corrected chi connectivity index (χ3v) is 4.07. The molecule has 0 radical (unpaired) electrons. The Morgan fingerprint density at radius 1 is 1.62 bits per heavy atom. The Bertz CT molecular complexity index is 652. The molecule has 3 rings (SSSR count). The Hall–Kier alpha value is -2.19. The minimum Gasteiger partial charge on any atom is -0.480 e. The number of amides is 1. The van der Waals surface area contributed by atoms with Crippen molar-refractivity contribution in [3.05, 3.63) is 29.5 Å². The first-order valence-electron chi connectivity index (χ1n) is 6.35. The first-order valence-corrected chi connectivity index (χ1v) is 7.23. The van der Waals surface area contributed by atoms with Crippen LogP contribution in [0.5, 0.6) is 0 Å². The van der Waals surface area contributed by atoms with Crippen molar-refractivity contribution in [2.75, 3.05) is 13.1 Å². The summed E-state index contributed by atoms with van der Waals surface area (Å²) in [6.45, 7) is 0.404. The predicted molar refractivity (Wildman–Crippen MR) is 74.7 cm³/mol. The molecule has 3 heterocycles. The molecule has 1 aliphatic heterocycles. The summed E-state index contributed by atoms with van der Waals surface area (Å²) in [4.78, 5) is 29.5. The highest BCUT2D eigenvalue weighted by atomic mass is 32.1. The highest BCUT2D eigenvalue weighted by Gasteiger charge is 2.32. The molecule has 0 saturated carbocycles. The fraction of sp³-hybridized carbons (Fsp3) is 0.308. The Balaban J connectivity index is 1.75. The molecule has 2 aromatic rings. The van der Waals surface area contributed by atoms with Crippen LogP contribution < -0.4 is 5.32 Å². The number of carboxylic acid groups (broad SMARTS) is 1. The van der Waals surface area contributed by atoms with Gasteiger partial charge in [-0.2, -0.15) is 0 Å². The number of carbonyl (C=O) groups is 2. The number of carboxylic acids is 1. The van der Waals surface area contributed by atoms with E-state index in [-0.39, 0.29) is 25.5 Å². The first kappa shape index (κ1) is 13.8. The van der Waals surface area contributed by atoms with Gasteiger partial charge in [-0.25, -0.2) is 4.98 Å². The van der Waals surface area contributed by atoms with Crippen LogP contribution in [0.1, 0.15) is 5.69 Å². The van der Waals surface area contributed by atoms with E-state index in [0.29, 0.717) is 11.6 Å². The molecule has 110 valence electrons. The quantitative estimate of drug-likeness (QED) is 0.867. The van der Waals surface area contributed by atoms with Crippen molar-refractivity contribution in [1.82, 2.24) is 15.2 Å². The lowest BCUT2D eigenvalue weighted by Crippen LogP contribution is -2.56. The van der Waals surface area contributed by atoms with Crippen molar-refractivity contribution in [3.63, 3.8) is 0 Å². The second-order valence-corrected chi connectivity index (χ2v) is 5.63. The maximum atomic E-state index is 11.4. The normalized spacial score (nSPS) is 19.4. The molecule has 0 aliphatic carbocycles. The van der Waals surface area contributed by atoms with E-state index < -0.39 is 12.0 Å². The number of aliphatic carboxylic acids is 1. The number of rotatable bonds is 4. The number of aromatic nitrogens is 1. The summed E-state index contributed by atoms with van der Waals surface area (Å²) in [5, 5.41) is 13.7. The molecule has 1 unspecified atom stereocenters. The third kappa shape index (κ3) is 2.96. The number of carbonyl (C=O) groups excluding carboxylic acids is 1. The van der Waals surface area contributed by atoms with Gasteiger partial charge in [0.2, 0.25) is 11.8 Å². The van der Waals surface area contributed by atoms with E-state index in [1.54, 1.807) is 4.90 Å². The van der Waals surface area contributed by atoms with E-state index in [1.165, 1.54) is 17.6 Å². The Morgan fingerprint density at radius 3 is 3.19 bits per heavy atom. The smallest absolute Gasteiger partial charge is 0.322 e. The van der Waals surface area contributed by atoms with Gasteiger partial charge < -0.3 is 14.8 Å². The molecule has 1 saturated heterocycles. The van der Waals surface area contributed by atoms with E-state index >= 15 is 0 Å². The summed E-state index contributed by atoms with van der Waals surface area (Å²) in [6.07, 6.45) is 1.50. The molecule has 1 atom stereocenters. The molecule has 2 aromatic heterocycles. The summed E-state index contributed by atoms with van der Waals surface area (Å²) >= 11 is 1.51. The molecule has 8 heteroatoms. The summed E-state index contributed by atoms with van der Waals surface area (Å²) in [6, 6.07) is 3.05. The van der Waals surface area contributed by atoms with Crippen LogP contribution in [-0.4, -0.2) is 46.0 Å². The van der Waals surface area contributed by atoms with Crippen LogP contribution in [0.3, 0.4) is 0 Å². The van der Waals surface area contributed by atoms with Crippen LogP contribution in [0, 0.1) is 0 Å². The van der Waals surface area contributed by atoms with Gasteiger partial charge in [0.1, 0.15) is 12.3 Å². The number of nitrogens with one attached hydrogen (secondary N) is 1. The topological polar surface area (TPSA) is 95.7 Å². The van der Waals surface area contributed by atoms with Crippen LogP contribution in [-0.2, 0) is 16.1 Å². The molecule has 21 heavy (non-hydrogen) atoms. The molecule has 0 spiro atoms. The van der Waals surface area contributed by atoms with Gasteiger partial charge in [0.05, 0.1) is 17.1 Å². The van der Waals surface area contributed by atoms with Gasteiger partial charge in [0.25, 0.3) is 0 Å². The minimum absolute atomic E-state index is 0.0398. The SMILES string of the molecule is O=C1CN(Cc2coc(-c3cccs3)n2)C(C(=O)O)CN1. The number of hydrogen-bond donors (Lipinski definition) is 2. The van der Waals surface area contributed by atoms with Gasteiger partial charge in [-0.3, -0.25) is 14.5 Å². The maximum absolute atomic E-state index is 11.4. The highest BCUT2D eigenvalue weighted by Crippen LogP contribution is 2.24. The van der Waals surface area contributed by atoms with Gasteiger partial charge >= 0.3 is 5.97 Å². The summed E-state index contributed by atoms with van der Waals surface area (Å²) < 4.78 is 5.40. The average Bonchev–Trinajstić information content (AvgIpc) is 3.08. The lowest BCUT2D eigenvalue weighted by atomic mass is 10.2. The summed E-state index contributed by atoms with van der Waals surface area (Å²) in [5.41, 5.74) is 0.611. The molecule has 0 bridgehead atoms. The second kappa shape index (κ2) is 5.66. The lowest BCUT2D eigenvalue weighted by molar-refractivity contribution is -0.146. The van der Waals surface area contributed by atoms with E-state index in [2.05, 4.69) is 10.3 Å². The van der Waals surface area contributed by atoms with Gasteiger partial charge in [0.15, 0.2) is 0 Å². The van der Waals surface area contributed by atoms with Crippen molar-refractivity contribution in [3.8, 4) is 10.8 Å². The van der Waals surface area contributed by atoms with Crippen molar-refractivity contribution < 1.29 is 19.1 Å². The molecule has 1 aliphatic rings. The predicted octanol–water partition coefficient (Wildman–Crippen LogP) is 0.788. The third-order valence-electron chi connectivity index (χ3n) is 3.21. The van der Waals surface area contributed by atoms with Crippen molar-refractivity contribution in [1.29, 1.82) is 0 Å². The Labute approximate surface area is 124 Å². The molecular weight excluding hydrogens is 294 g/mol. The molecule has 7 nitrogen and oxygen atoms in total. The van der Waals surface area contributed by atoms with E-state index in [4.69, 9.17) is 4.42 Å². The number of nitrogens with zero attached hydrogens (tertiary/aromatic N) is 2. The van der Waals surface area contributed by atoms with Crippen LogP contribution in [0.2, 0.25) is 0 Å². The number of hydrogen-bond acceptors (Lipinski definition) is 6. The van der Waals surface area contributed by atoms with Gasteiger partial charge in [-0.1, -0.05) is 6.07 Å². The monoisotopic (exact) mass is 307 g/mol. The summed E-state index contributed by atoms with van der Waals surface area (Å²) in [5.74, 6) is -0.639. The Morgan fingerprint density at radius 2 is 2.48 bits per heavy atom. The number of piperazine rings is 1. The van der Waals surface area contributed by atoms with Crippen LogP contribution in [0.4, 0.5) is 0 Å². The fourth-order valence-electron chi connectivity index (χ4n) is 2.20. The van der Waals surface area contributed by atoms with Crippen molar-refractivity contribution in [2.24, 2.45) is 0 Å². The number of oxazole rings is 1. The zero-order valence-corrected chi connectivity index (χ0v) is 11.8. The largest absolute Gasteiger partial charge is 0.480 e. The van der Waals surface area contributed by atoms with E-state index in [1.807, 2.05) is 17.5 Å². The van der Waals surface area contributed by atoms with Crippen LogP contribution >= 0.6 is 11.3 Å². The van der Waals surface area contributed by atoms with Crippen molar-refractivity contribution in [2.45, 2.75) is 12.6 Å². The molecule has 1 amide bonds. The van der Waals surface area contributed by atoms with Crippen molar-refractivity contribution >= 4 is 23.2 Å². The minimum atomic E-state index is -0.961. The molecule has 1 fully saturated rings. The van der Waals surface area contributed by atoms with E-state index in [9.17, 15) is 14.7 Å². The molecular formula is C13H13N3O4S. The zero-order valence-electron chi connectivity index (χ0n) is 11.0. The standard InChI is InChI=1S/C13H13N3O4S/c17-11-6-16(9(4-14-11)13(18)19)5-8-7-20-12(15-8)10-2-1-3-21-10/h1-3,7,9H,4-6H2,(H,14,17)(H,18,19). The van der Waals surface area contributed by atoms with E-state index in [0.717, 1.165) is 4.88 Å². The summed E-state index contributed by atoms with van der Waals surface area (Å²) in [7, 11) is 0. The number of thiophene rings is 1. The van der Waals surface area contributed by atoms with Crippen LogP contribution in [0.25, 0.3) is 10.8 Å². The zero-order chi connectivity index (χ0) is 14.8. The highest BCUT2D eigenvalue weighted by molar-refractivity contribution is 7.13. The fourth-order valence-corrected chi connectivity index (χ4v) is 2.86. The maximum Gasteiger partial charge on any atom is 0.322 e. The van der Waals surface area contributed by atoms with Crippen LogP contribution in [0.15, 0.2) is 28.2 Å². The Kier molecular flexibility index (Phi) is 3.72. The first-order chi connectivity index (χ1) is 10.1. The van der Waals surface area contributed by atoms with Gasteiger partial charge in [-0.05, 0) is 11.4 Å². The molecule has 2 N–H and O–H groups in total. The van der Waals surface area contributed by atoms with Gasteiger partial charge in [0, 0.05) is 13.1 Å².